The molecule has 0 fully saturated rings. The van der Waals surface area contributed by atoms with Gasteiger partial charge in [-0.3, -0.25) is 9.10 Å². The van der Waals surface area contributed by atoms with Crippen LogP contribution < -0.4 is 14.5 Å². The highest BCUT2D eigenvalue weighted by atomic mass is 32.2. The number of nitrogens with one attached hydrogen (secondary N) is 1. The van der Waals surface area contributed by atoms with E-state index < -0.39 is 22.5 Å². The normalized spacial score (nSPS) is 12.4. The van der Waals surface area contributed by atoms with Gasteiger partial charge in [-0.25, -0.2) is 13.8 Å². The Balaban J connectivity index is 2.11. The van der Waals surface area contributed by atoms with Crippen LogP contribution in [0.15, 0.2) is 59.7 Å². The van der Waals surface area contributed by atoms with Crippen molar-refractivity contribution in [2.24, 2.45) is 5.10 Å². The van der Waals surface area contributed by atoms with Crippen LogP contribution in [0.5, 0.6) is 5.75 Å². The molecule has 31 heavy (non-hydrogen) atoms. The topological polar surface area (TPSA) is 88.1 Å². The standard InChI is InChI=1S/C23H31N3O4S/c1-6-30-21-15-11-10-14-20(21)26(31(5,28)29)17-22(27)25-24-18(2)16-23(3,4)19-12-8-7-9-13-19/h7-15H,6,16-17H2,1-5H3,(H,25,27)/b24-18-. The number of ether oxygens (including phenoxy) is 1. The number of carbonyl (C=O) groups excluding carboxylic acids is 1. The summed E-state index contributed by atoms with van der Waals surface area (Å²) < 4.78 is 31.3. The van der Waals surface area contributed by atoms with Gasteiger partial charge in [0.25, 0.3) is 5.91 Å². The van der Waals surface area contributed by atoms with Gasteiger partial charge in [-0.1, -0.05) is 56.3 Å². The highest BCUT2D eigenvalue weighted by Gasteiger charge is 2.24. The molecule has 0 bridgehead atoms. The molecule has 0 aliphatic rings. The fraction of sp³-hybridized carbons (Fsp3) is 0.391. The molecule has 0 unspecified atom stereocenters. The lowest BCUT2D eigenvalue weighted by Gasteiger charge is -2.25. The number of hydrogen-bond acceptors (Lipinski definition) is 5. The number of nitrogens with zero attached hydrogens (tertiary/aromatic N) is 2. The minimum atomic E-state index is -3.71. The van der Waals surface area contributed by atoms with E-state index in [1.807, 2.05) is 32.0 Å². The average Bonchev–Trinajstić information content (AvgIpc) is 2.71. The predicted molar refractivity (Wildman–Crippen MR) is 125 cm³/mol. The minimum Gasteiger partial charge on any atom is -0.492 e. The maximum atomic E-state index is 12.5. The number of hydrazone groups is 1. The van der Waals surface area contributed by atoms with E-state index in [4.69, 9.17) is 4.74 Å². The maximum absolute atomic E-state index is 12.5. The van der Waals surface area contributed by atoms with Crippen LogP contribution in [0, 0.1) is 0 Å². The highest BCUT2D eigenvalue weighted by molar-refractivity contribution is 7.92. The van der Waals surface area contributed by atoms with Gasteiger partial charge in [0.15, 0.2) is 0 Å². The zero-order valence-electron chi connectivity index (χ0n) is 18.8. The van der Waals surface area contributed by atoms with Crippen LogP contribution in [0.2, 0.25) is 0 Å². The zero-order chi connectivity index (χ0) is 23.1. The summed E-state index contributed by atoms with van der Waals surface area (Å²) in [6.45, 7) is 7.84. The maximum Gasteiger partial charge on any atom is 0.260 e. The summed E-state index contributed by atoms with van der Waals surface area (Å²) in [7, 11) is -3.71. The Morgan fingerprint density at radius 1 is 1.10 bits per heavy atom. The molecule has 0 aliphatic carbocycles. The summed E-state index contributed by atoms with van der Waals surface area (Å²) in [4.78, 5) is 12.5. The number of para-hydroxylation sites is 2. The van der Waals surface area contributed by atoms with Gasteiger partial charge in [0, 0.05) is 5.71 Å². The predicted octanol–water partition coefficient (Wildman–Crippen LogP) is 3.71. The van der Waals surface area contributed by atoms with E-state index in [0.717, 1.165) is 16.3 Å². The number of amides is 1. The molecular formula is C23H31N3O4S. The van der Waals surface area contributed by atoms with Crippen LogP contribution in [0.4, 0.5) is 5.69 Å². The SMILES string of the molecule is CCOc1ccccc1N(CC(=O)N/N=C(/C)CC(C)(C)c1ccccc1)S(C)(=O)=O. The molecule has 2 aromatic rings. The van der Waals surface area contributed by atoms with Crippen molar-refractivity contribution in [1.82, 2.24) is 5.43 Å². The van der Waals surface area contributed by atoms with Crippen LogP contribution in [-0.2, 0) is 20.2 Å². The van der Waals surface area contributed by atoms with Gasteiger partial charge in [-0.05, 0) is 43.4 Å². The molecule has 0 heterocycles. The van der Waals surface area contributed by atoms with E-state index in [2.05, 4.69) is 36.5 Å². The molecule has 0 spiro atoms. The van der Waals surface area contributed by atoms with Gasteiger partial charge in [0.2, 0.25) is 10.0 Å². The first-order valence-corrected chi connectivity index (χ1v) is 12.0. The molecule has 7 nitrogen and oxygen atoms in total. The third kappa shape index (κ3) is 7.10. The minimum absolute atomic E-state index is 0.158. The molecule has 0 saturated carbocycles. The first-order chi connectivity index (χ1) is 14.5. The number of rotatable bonds is 10. The van der Waals surface area contributed by atoms with Crippen molar-refractivity contribution in [3.05, 3.63) is 60.2 Å². The molecule has 0 aliphatic heterocycles. The Labute approximate surface area is 185 Å². The number of benzene rings is 2. The largest absolute Gasteiger partial charge is 0.492 e. The second kappa shape index (κ2) is 10.4. The van der Waals surface area contributed by atoms with Crippen LogP contribution in [0.1, 0.15) is 39.7 Å². The summed E-state index contributed by atoms with van der Waals surface area (Å²) in [6, 6.07) is 16.8. The molecule has 0 aromatic heterocycles. The van der Waals surface area contributed by atoms with E-state index in [9.17, 15) is 13.2 Å². The lowest BCUT2D eigenvalue weighted by atomic mass is 9.80. The molecule has 2 aromatic carbocycles. The Bertz CT molecular complexity index is 1020. The molecule has 0 atom stereocenters. The van der Waals surface area contributed by atoms with Crippen molar-refractivity contribution in [1.29, 1.82) is 0 Å². The third-order valence-corrected chi connectivity index (χ3v) is 5.87. The zero-order valence-corrected chi connectivity index (χ0v) is 19.6. The Morgan fingerprint density at radius 2 is 1.71 bits per heavy atom. The van der Waals surface area contributed by atoms with Crippen molar-refractivity contribution >= 4 is 27.3 Å². The highest BCUT2D eigenvalue weighted by Crippen LogP contribution is 2.30. The summed E-state index contributed by atoms with van der Waals surface area (Å²) in [6.07, 6.45) is 1.69. The molecule has 1 N–H and O–H groups in total. The van der Waals surface area contributed by atoms with Gasteiger partial charge < -0.3 is 4.74 Å². The molecule has 0 radical (unpaired) electrons. The van der Waals surface area contributed by atoms with Crippen molar-refractivity contribution in [2.75, 3.05) is 23.7 Å². The van der Waals surface area contributed by atoms with E-state index in [1.165, 1.54) is 5.56 Å². The second-order valence-corrected chi connectivity index (χ2v) is 9.89. The monoisotopic (exact) mass is 445 g/mol. The van der Waals surface area contributed by atoms with Gasteiger partial charge >= 0.3 is 0 Å². The average molecular weight is 446 g/mol. The molecular weight excluding hydrogens is 414 g/mol. The smallest absolute Gasteiger partial charge is 0.260 e. The Kier molecular flexibility index (Phi) is 8.21. The lowest BCUT2D eigenvalue weighted by molar-refractivity contribution is -0.119. The van der Waals surface area contributed by atoms with E-state index in [-0.39, 0.29) is 5.41 Å². The lowest BCUT2D eigenvalue weighted by Crippen LogP contribution is -2.39. The Hall–Kier alpha value is -2.87. The quantitative estimate of drug-likeness (QED) is 0.446. The fourth-order valence-electron chi connectivity index (χ4n) is 3.32. The number of anilines is 1. The fourth-order valence-corrected chi connectivity index (χ4v) is 4.18. The van der Waals surface area contributed by atoms with Gasteiger partial charge in [-0.2, -0.15) is 5.10 Å². The second-order valence-electron chi connectivity index (χ2n) is 7.98. The molecule has 1 amide bonds. The molecule has 8 heteroatoms. The van der Waals surface area contributed by atoms with E-state index >= 15 is 0 Å². The molecule has 168 valence electrons. The van der Waals surface area contributed by atoms with Crippen molar-refractivity contribution < 1.29 is 17.9 Å². The molecule has 0 saturated heterocycles. The van der Waals surface area contributed by atoms with E-state index in [0.29, 0.717) is 24.5 Å². The molecule has 2 rings (SSSR count). The summed E-state index contributed by atoms with van der Waals surface area (Å²) >= 11 is 0. The summed E-state index contributed by atoms with van der Waals surface area (Å²) in [5.41, 5.74) is 4.55. The van der Waals surface area contributed by atoms with Gasteiger partial charge in [0.05, 0.1) is 18.6 Å². The van der Waals surface area contributed by atoms with Crippen LogP contribution >= 0.6 is 0 Å². The van der Waals surface area contributed by atoms with Gasteiger partial charge in [-0.15, -0.1) is 0 Å². The number of carbonyl (C=O) groups is 1. The van der Waals surface area contributed by atoms with Crippen molar-refractivity contribution in [3.8, 4) is 5.75 Å². The van der Waals surface area contributed by atoms with Gasteiger partial charge in [0.1, 0.15) is 12.3 Å². The third-order valence-electron chi connectivity index (χ3n) is 4.75. The first kappa shape index (κ1) is 24.4. The van der Waals surface area contributed by atoms with E-state index in [1.54, 1.807) is 24.3 Å². The summed E-state index contributed by atoms with van der Waals surface area (Å²) in [5, 5.41) is 4.19. The van der Waals surface area contributed by atoms with Crippen molar-refractivity contribution in [2.45, 2.75) is 39.5 Å². The van der Waals surface area contributed by atoms with Crippen LogP contribution in [0.3, 0.4) is 0 Å². The first-order valence-electron chi connectivity index (χ1n) is 10.1. The van der Waals surface area contributed by atoms with Crippen LogP contribution in [0.25, 0.3) is 0 Å². The van der Waals surface area contributed by atoms with Crippen LogP contribution in [-0.4, -0.2) is 39.4 Å². The number of hydrogen-bond donors (Lipinski definition) is 1. The summed E-state index contributed by atoms with van der Waals surface area (Å²) in [5.74, 6) is -0.138. The Morgan fingerprint density at radius 3 is 2.32 bits per heavy atom. The number of sulfonamides is 1. The van der Waals surface area contributed by atoms with Crippen molar-refractivity contribution in [3.63, 3.8) is 0 Å².